The monoisotopic (exact) mass is 327 g/mol. The van der Waals surface area contributed by atoms with Crippen molar-refractivity contribution in [1.29, 1.82) is 5.26 Å². The molecule has 4 nitrogen and oxygen atoms in total. The van der Waals surface area contributed by atoms with Gasteiger partial charge in [-0.05, 0) is 26.2 Å². The Labute approximate surface area is 124 Å². The Morgan fingerprint density at radius 1 is 1.63 bits per heavy atom. The molecule has 1 heterocycles. The summed E-state index contributed by atoms with van der Waals surface area (Å²) in [7, 11) is 0. The molecule has 1 N–H and O–H groups in total. The number of rotatable bonds is 4. The maximum atomic E-state index is 12.0. The van der Waals surface area contributed by atoms with Crippen LogP contribution in [0.3, 0.4) is 0 Å². The first-order valence-corrected chi connectivity index (χ1v) is 7.36. The molecule has 0 bridgehead atoms. The van der Waals surface area contributed by atoms with E-state index in [1.807, 2.05) is 13.8 Å². The van der Waals surface area contributed by atoms with Crippen molar-refractivity contribution in [2.45, 2.75) is 39.7 Å². The predicted molar refractivity (Wildman–Crippen MR) is 79.7 cm³/mol. The van der Waals surface area contributed by atoms with Crippen LogP contribution in [-0.4, -0.2) is 36.0 Å². The van der Waals surface area contributed by atoms with Crippen molar-refractivity contribution >= 4 is 21.8 Å². The summed E-state index contributed by atoms with van der Waals surface area (Å²) in [4.78, 5) is 14.1. The van der Waals surface area contributed by atoms with E-state index in [1.54, 1.807) is 6.92 Å². The molecule has 0 aromatic carbocycles. The van der Waals surface area contributed by atoms with Gasteiger partial charge in [0.25, 0.3) is 0 Å². The molecule has 0 radical (unpaired) electrons. The zero-order valence-corrected chi connectivity index (χ0v) is 13.7. The first kappa shape index (κ1) is 16.2. The number of nitrogens with zero attached hydrogens (tertiary/aromatic N) is 2. The van der Waals surface area contributed by atoms with Crippen molar-refractivity contribution in [3.8, 4) is 6.07 Å². The Morgan fingerprint density at radius 3 is 2.74 bits per heavy atom. The van der Waals surface area contributed by atoms with Crippen molar-refractivity contribution in [2.75, 3.05) is 19.6 Å². The molecule has 0 saturated carbocycles. The van der Waals surface area contributed by atoms with Crippen LogP contribution in [0.4, 0.5) is 0 Å². The summed E-state index contributed by atoms with van der Waals surface area (Å²) < 4.78 is 1.17. The number of halogens is 1. The van der Waals surface area contributed by atoms with Crippen molar-refractivity contribution < 1.29 is 4.79 Å². The zero-order chi connectivity index (χ0) is 14.6. The highest BCUT2D eigenvalue weighted by atomic mass is 79.9. The van der Waals surface area contributed by atoms with Crippen molar-refractivity contribution in [1.82, 2.24) is 10.2 Å². The van der Waals surface area contributed by atoms with Crippen LogP contribution in [0.2, 0.25) is 0 Å². The second kappa shape index (κ2) is 6.53. The van der Waals surface area contributed by atoms with Gasteiger partial charge in [0.05, 0.1) is 12.6 Å². The Balaban J connectivity index is 2.56. The molecule has 0 fully saturated rings. The molecular formula is C14H22BrN3O. The molecule has 5 heteroatoms. The van der Waals surface area contributed by atoms with Crippen LogP contribution in [0.15, 0.2) is 10.1 Å². The molecule has 106 valence electrons. The molecule has 0 aliphatic carbocycles. The van der Waals surface area contributed by atoms with Gasteiger partial charge in [-0.2, -0.15) is 5.26 Å². The van der Waals surface area contributed by atoms with Gasteiger partial charge >= 0.3 is 0 Å². The highest BCUT2D eigenvalue weighted by Crippen LogP contribution is 2.22. The average Bonchev–Trinajstić information content (AvgIpc) is 2.33. The van der Waals surface area contributed by atoms with E-state index in [1.165, 1.54) is 10.1 Å². The van der Waals surface area contributed by atoms with Crippen LogP contribution in [0.25, 0.3) is 0 Å². The van der Waals surface area contributed by atoms with Gasteiger partial charge in [0, 0.05) is 17.6 Å². The summed E-state index contributed by atoms with van der Waals surface area (Å²) in [5.41, 5.74) is 0.552. The van der Waals surface area contributed by atoms with Crippen molar-refractivity contribution in [2.24, 2.45) is 5.92 Å². The molecule has 1 aliphatic rings. The van der Waals surface area contributed by atoms with E-state index in [0.29, 0.717) is 6.54 Å². The smallest absolute Gasteiger partial charge is 0.235 e. The van der Waals surface area contributed by atoms with Crippen LogP contribution >= 0.6 is 15.9 Å². The Morgan fingerprint density at radius 2 is 2.26 bits per heavy atom. The molecule has 0 aromatic rings. The Bertz CT molecular complexity index is 425. The van der Waals surface area contributed by atoms with Crippen molar-refractivity contribution in [3.05, 3.63) is 10.1 Å². The topological polar surface area (TPSA) is 56.1 Å². The third kappa shape index (κ3) is 4.32. The number of carbonyl (C=O) groups is 1. The fourth-order valence-corrected chi connectivity index (χ4v) is 2.39. The molecule has 19 heavy (non-hydrogen) atoms. The lowest BCUT2D eigenvalue weighted by molar-refractivity contribution is -0.123. The van der Waals surface area contributed by atoms with Gasteiger partial charge in [-0.3, -0.25) is 9.69 Å². The summed E-state index contributed by atoms with van der Waals surface area (Å²) in [6.07, 6.45) is 0.980. The number of carbonyl (C=O) groups excluding carboxylic acids is 1. The molecule has 1 aliphatic heterocycles. The average molecular weight is 328 g/mol. The first-order valence-electron chi connectivity index (χ1n) is 6.57. The second-order valence-corrected chi connectivity index (χ2v) is 6.62. The number of nitriles is 1. The standard InChI is InChI=1S/C14H22BrN3O/c1-10(2)14(4,9-16)17-13(19)8-18-6-5-11(3)12(15)7-18/h10H,5-8H2,1-4H3,(H,17,19). The first-order chi connectivity index (χ1) is 8.78. The number of nitrogens with one attached hydrogen (secondary N) is 1. The van der Waals surface area contributed by atoms with E-state index in [9.17, 15) is 10.1 Å². The van der Waals surface area contributed by atoms with E-state index in [0.717, 1.165) is 19.5 Å². The minimum Gasteiger partial charge on any atom is -0.337 e. The lowest BCUT2D eigenvalue weighted by Crippen LogP contribution is -2.52. The number of hydrogen-bond acceptors (Lipinski definition) is 3. The molecule has 1 rings (SSSR count). The number of hydrogen-bond donors (Lipinski definition) is 1. The summed E-state index contributed by atoms with van der Waals surface area (Å²) in [5.74, 6) is -0.00529. The highest BCUT2D eigenvalue weighted by Gasteiger charge is 2.30. The predicted octanol–water partition coefficient (Wildman–Crippen LogP) is 2.42. The molecular weight excluding hydrogens is 306 g/mol. The fraction of sp³-hybridized carbons (Fsp3) is 0.714. The van der Waals surface area contributed by atoms with Crippen LogP contribution in [-0.2, 0) is 4.79 Å². The van der Waals surface area contributed by atoms with Crippen LogP contribution in [0, 0.1) is 17.2 Å². The minimum absolute atomic E-state index is 0.0803. The minimum atomic E-state index is -0.796. The van der Waals surface area contributed by atoms with Gasteiger partial charge in [0.2, 0.25) is 5.91 Å². The maximum Gasteiger partial charge on any atom is 0.235 e. The van der Waals surface area contributed by atoms with E-state index in [2.05, 4.69) is 39.1 Å². The summed E-state index contributed by atoms with van der Waals surface area (Å²) in [5, 5.41) is 12.0. The summed E-state index contributed by atoms with van der Waals surface area (Å²) in [6, 6.07) is 2.19. The van der Waals surface area contributed by atoms with Gasteiger partial charge < -0.3 is 5.32 Å². The molecule has 0 spiro atoms. The van der Waals surface area contributed by atoms with Gasteiger partial charge in [0.15, 0.2) is 0 Å². The van der Waals surface area contributed by atoms with Crippen LogP contribution < -0.4 is 5.32 Å². The maximum absolute atomic E-state index is 12.0. The van der Waals surface area contributed by atoms with Crippen molar-refractivity contribution in [3.63, 3.8) is 0 Å². The Kier molecular flexibility index (Phi) is 5.57. The molecule has 1 atom stereocenters. The molecule has 1 unspecified atom stereocenters. The second-order valence-electron chi connectivity index (χ2n) is 5.66. The largest absolute Gasteiger partial charge is 0.337 e. The molecule has 0 saturated heterocycles. The van der Waals surface area contributed by atoms with Gasteiger partial charge in [-0.25, -0.2) is 0 Å². The quantitative estimate of drug-likeness (QED) is 0.862. The normalized spacial score (nSPS) is 20.1. The van der Waals surface area contributed by atoms with Gasteiger partial charge in [-0.1, -0.05) is 35.4 Å². The lowest BCUT2D eigenvalue weighted by Gasteiger charge is -2.31. The van der Waals surface area contributed by atoms with Gasteiger partial charge in [-0.15, -0.1) is 0 Å². The highest BCUT2D eigenvalue weighted by molar-refractivity contribution is 9.11. The third-order valence-electron chi connectivity index (χ3n) is 3.78. The van der Waals surface area contributed by atoms with Crippen LogP contribution in [0.5, 0.6) is 0 Å². The SMILES string of the molecule is CC1=C(Br)CN(CC(=O)NC(C)(C#N)C(C)C)CC1. The lowest BCUT2D eigenvalue weighted by atomic mass is 9.90. The Hall–Kier alpha value is -0.860. The molecule has 0 aromatic heterocycles. The van der Waals surface area contributed by atoms with E-state index in [-0.39, 0.29) is 11.8 Å². The zero-order valence-electron chi connectivity index (χ0n) is 12.1. The summed E-state index contributed by atoms with van der Waals surface area (Å²) >= 11 is 3.54. The van der Waals surface area contributed by atoms with E-state index < -0.39 is 5.54 Å². The number of amides is 1. The molecule has 1 amide bonds. The van der Waals surface area contributed by atoms with E-state index >= 15 is 0 Å². The van der Waals surface area contributed by atoms with Crippen LogP contribution in [0.1, 0.15) is 34.1 Å². The fourth-order valence-electron chi connectivity index (χ4n) is 1.84. The summed E-state index contributed by atoms with van der Waals surface area (Å²) in [6.45, 7) is 9.74. The third-order valence-corrected chi connectivity index (χ3v) is 4.71. The van der Waals surface area contributed by atoms with E-state index in [4.69, 9.17) is 0 Å². The van der Waals surface area contributed by atoms with Gasteiger partial charge in [0.1, 0.15) is 5.54 Å².